The van der Waals surface area contributed by atoms with Crippen LogP contribution in [0.3, 0.4) is 0 Å². The van der Waals surface area contributed by atoms with Crippen LogP contribution in [0.5, 0.6) is 0 Å². The third-order valence-corrected chi connectivity index (χ3v) is 5.35. The van der Waals surface area contributed by atoms with E-state index in [1.165, 1.54) is 43.5 Å². The molecule has 0 spiro atoms. The molecule has 3 atom stereocenters. The molecule has 0 N–H and O–H groups in total. The van der Waals surface area contributed by atoms with Crippen LogP contribution >= 0.6 is 0 Å². The number of pyridine rings is 1. The third-order valence-electron chi connectivity index (χ3n) is 5.35. The van der Waals surface area contributed by atoms with Crippen LogP contribution in [0.2, 0.25) is 0 Å². The maximum Gasteiger partial charge on any atom is 0.0406 e. The summed E-state index contributed by atoms with van der Waals surface area (Å²) in [5, 5.41) is 0. The Morgan fingerprint density at radius 3 is 2.32 bits per heavy atom. The summed E-state index contributed by atoms with van der Waals surface area (Å²) in [4.78, 5) is 7.25. The largest absolute Gasteiger partial charge is 0.366 e. The molecule has 2 heteroatoms. The first-order valence-electron chi connectivity index (χ1n) is 8.63. The summed E-state index contributed by atoms with van der Waals surface area (Å²) in [5.74, 6) is 0.796. The van der Waals surface area contributed by atoms with Crippen LogP contribution in [0.15, 0.2) is 54.7 Å². The molecular weight excluding hydrogens is 268 g/mol. The average Bonchev–Trinajstić information content (AvgIpc) is 2.56. The number of anilines is 1. The first-order chi connectivity index (χ1) is 10.9. The summed E-state index contributed by atoms with van der Waals surface area (Å²) in [6.07, 6.45) is 9.82. The summed E-state index contributed by atoms with van der Waals surface area (Å²) in [5.41, 5.74) is 2.69. The summed E-state index contributed by atoms with van der Waals surface area (Å²) in [6.45, 7) is 0. The van der Waals surface area contributed by atoms with Gasteiger partial charge in [0.2, 0.25) is 0 Å². The monoisotopic (exact) mass is 292 g/mol. The second-order valence-electron chi connectivity index (χ2n) is 6.84. The van der Waals surface area contributed by atoms with Gasteiger partial charge in [-0.1, -0.05) is 24.3 Å². The van der Waals surface area contributed by atoms with E-state index in [-0.39, 0.29) is 0 Å². The second kappa shape index (κ2) is 6.12. The topological polar surface area (TPSA) is 16.1 Å². The second-order valence-corrected chi connectivity index (χ2v) is 6.84. The maximum absolute atomic E-state index is 4.53. The molecular formula is C20H24N2. The summed E-state index contributed by atoms with van der Waals surface area (Å²) < 4.78 is 0. The molecule has 2 nitrogen and oxygen atoms in total. The first-order valence-corrected chi connectivity index (χ1v) is 8.63. The van der Waals surface area contributed by atoms with Crippen molar-refractivity contribution in [3.05, 3.63) is 60.4 Å². The number of nitrogens with zero attached hydrogens (tertiary/aromatic N) is 2. The maximum atomic E-state index is 4.53. The number of hydrogen-bond acceptors (Lipinski definition) is 2. The predicted molar refractivity (Wildman–Crippen MR) is 91.0 cm³/mol. The fraction of sp³-hybridized carbons (Fsp3) is 0.450. The molecule has 1 aromatic heterocycles. The van der Waals surface area contributed by atoms with Crippen LogP contribution in [0.4, 0.5) is 5.69 Å². The van der Waals surface area contributed by atoms with E-state index in [4.69, 9.17) is 0 Å². The molecule has 4 rings (SSSR count). The lowest BCUT2D eigenvalue weighted by atomic mass is 9.76. The highest BCUT2D eigenvalue weighted by molar-refractivity contribution is 5.49. The Morgan fingerprint density at radius 2 is 1.64 bits per heavy atom. The van der Waals surface area contributed by atoms with Crippen molar-refractivity contribution in [3.63, 3.8) is 0 Å². The van der Waals surface area contributed by atoms with E-state index in [0.717, 1.165) is 24.4 Å². The minimum absolute atomic E-state index is 0.726. The summed E-state index contributed by atoms with van der Waals surface area (Å²) in [7, 11) is 0. The Kier molecular flexibility index (Phi) is 3.84. The predicted octanol–water partition coefficient (Wildman–Crippen LogP) is 4.46. The molecule has 2 fully saturated rings. The Morgan fingerprint density at radius 1 is 0.909 bits per heavy atom. The number of piperidine rings is 2. The van der Waals surface area contributed by atoms with Gasteiger partial charge in [-0.25, -0.2) is 0 Å². The molecule has 0 aliphatic carbocycles. The number of fused-ring (bicyclic) bond motifs is 2. The van der Waals surface area contributed by atoms with Crippen molar-refractivity contribution in [2.75, 3.05) is 4.90 Å². The Bertz CT molecular complexity index is 582. The SMILES string of the molecule is c1ccc(N2[C@@H]3CCC[C@H]2CC(Cc2ccccn2)C3)cc1. The van der Waals surface area contributed by atoms with Crippen molar-refractivity contribution in [3.8, 4) is 0 Å². The van der Waals surface area contributed by atoms with Crippen molar-refractivity contribution >= 4 is 5.69 Å². The van der Waals surface area contributed by atoms with Gasteiger partial charge in [-0.3, -0.25) is 4.98 Å². The van der Waals surface area contributed by atoms with E-state index in [0.29, 0.717) is 0 Å². The highest BCUT2D eigenvalue weighted by Gasteiger charge is 2.38. The van der Waals surface area contributed by atoms with Gasteiger partial charge in [0, 0.05) is 29.7 Å². The van der Waals surface area contributed by atoms with Crippen molar-refractivity contribution in [2.24, 2.45) is 5.92 Å². The van der Waals surface area contributed by atoms with Gasteiger partial charge in [-0.2, -0.15) is 0 Å². The summed E-state index contributed by atoms with van der Waals surface area (Å²) in [6, 6.07) is 18.8. The smallest absolute Gasteiger partial charge is 0.0406 e. The average molecular weight is 292 g/mol. The molecule has 2 saturated heterocycles. The number of rotatable bonds is 3. The van der Waals surface area contributed by atoms with E-state index in [2.05, 4.69) is 52.3 Å². The van der Waals surface area contributed by atoms with Crippen molar-refractivity contribution < 1.29 is 0 Å². The lowest BCUT2D eigenvalue weighted by Gasteiger charge is -2.50. The van der Waals surface area contributed by atoms with Gasteiger partial charge in [-0.15, -0.1) is 0 Å². The van der Waals surface area contributed by atoms with E-state index < -0.39 is 0 Å². The van der Waals surface area contributed by atoms with Gasteiger partial charge in [0.05, 0.1) is 0 Å². The van der Waals surface area contributed by atoms with Crippen molar-refractivity contribution in [1.29, 1.82) is 0 Å². The number of aromatic nitrogens is 1. The number of benzene rings is 1. The molecule has 0 saturated carbocycles. The van der Waals surface area contributed by atoms with Crippen LogP contribution in [0.25, 0.3) is 0 Å². The number of hydrogen-bond donors (Lipinski definition) is 0. The summed E-state index contributed by atoms with van der Waals surface area (Å²) >= 11 is 0. The van der Waals surface area contributed by atoms with Gasteiger partial charge < -0.3 is 4.90 Å². The lowest BCUT2D eigenvalue weighted by Crippen LogP contribution is -2.52. The zero-order valence-corrected chi connectivity index (χ0v) is 13.1. The molecule has 3 heterocycles. The van der Waals surface area contributed by atoms with Gasteiger partial charge in [0.25, 0.3) is 0 Å². The fourth-order valence-electron chi connectivity index (χ4n) is 4.50. The molecule has 2 bridgehead atoms. The molecule has 114 valence electrons. The molecule has 22 heavy (non-hydrogen) atoms. The normalized spacial score (nSPS) is 27.6. The fourth-order valence-corrected chi connectivity index (χ4v) is 4.50. The van der Waals surface area contributed by atoms with E-state index in [1.807, 2.05) is 12.3 Å². The van der Waals surface area contributed by atoms with Crippen LogP contribution in [-0.2, 0) is 6.42 Å². The molecule has 0 amide bonds. The van der Waals surface area contributed by atoms with Gasteiger partial charge in [-0.05, 0) is 68.7 Å². The van der Waals surface area contributed by atoms with Crippen LogP contribution in [0.1, 0.15) is 37.8 Å². The Balaban J connectivity index is 1.51. The lowest BCUT2D eigenvalue weighted by molar-refractivity contribution is 0.227. The molecule has 2 aromatic rings. The van der Waals surface area contributed by atoms with E-state index >= 15 is 0 Å². The number of para-hydroxylation sites is 1. The Hall–Kier alpha value is -1.83. The minimum atomic E-state index is 0.726. The minimum Gasteiger partial charge on any atom is -0.366 e. The van der Waals surface area contributed by atoms with Crippen LogP contribution in [0, 0.1) is 5.92 Å². The third kappa shape index (κ3) is 2.75. The zero-order chi connectivity index (χ0) is 14.8. The van der Waals surface area contributed by atoms with Crippen LogP contribution in [-0.4, -0.2) is 17.1 Å². The standard InChI is InChI=1S/C20H24N2/c1-2-8-18(9-3-1)22-19-10-6-11-20(22)15-16(14-19)13-17-7-4-5-12-21-17/h1-5,7-9,12,16,19-20H,6,10-11,13-15H2/t16?,19-,20+. The molecule has 1 unspecified atom stereocenters. The van der Waals surface area contributed by atoms with E-state index in [9.17, 15) is 0 Å². The first kappa shape index (κ1) is 13.8. The van der Waals surface area contributed by atoms with Gasteiger partial charge >= 0.3 is 0 Å². The van der Waals surface area contributed by atoms with Crippen molar-refractivity contribution in [1.82, 2.24) is 4.98 Å². The molecule has 2 aliphatic rings. The molecule has 2 aliphatic heterocycles. The van der Waals surface area contributed by atoms with Gasteiger partial charge in [0.15, 0.2) is 0 Å². The molecule has 0 radical (unpaired) electrons. The van der Waals surface area contributed by atoms with E-state index in [1.54, 1.807) is 0 Å². The Labute approximate surface area is 133 Å². The van der Waals surface area contributed by atoms with Gasteiger partial charge in [0.1, 0.15) is 0 Å². The molecule has 1 aromatic carbocycles. The zero-order valence-electron chi connectivity index (χ0n) is 13.1. The quantitative estimate of drug-likeness (QED) is 0.830. The highest BCUT2D eigenvalue weighted by Crippen LogP contribution is 2.40. The van der Waals surface area contributed by atoms with Crippen LogP contribution < -0.4 is 4.90 Å². The highest BCUT2D eigenvalue weighted by atomic mass is 15.2. The van der Waals surface area contributed by atoms with Crippen molar-refractivity contribution in [2.45, 2.75) is 50.6 Å².